The Kier molecular flexibility index (Phi) is 4.38. The molecule has 5 nitrogen and oxygen atoms in total. The van der Waals surface area contributed by atoms with Crippen molar-refractivity contribution in [1.29, 1.82) is 0 Å². The zero-order chi connectivity index (χ0) is 19.2. The summed E-state index contributed by atoms with van der Waals surface area (Å²) in [5.41, 5.74) is -0.272. The van der Waals surface area contributed by atoms with Gasteiger partial charge in [-0.1, -0.05) is 56.3 Å². The number of nitrogens with one attached hydrogen (secondary N) is 1. The molecule has 144 valence electrons. The molecule has 0 radical (unpaired) electrons. The maximum absolute atomic E-state index is 13.2. The quantitative estimate of drug-likeness (QED) is 0.785. The van der Waals surface area contributed by atoms with Gasteiger partial charge in [-0.15, -0.1) is 0 Å². The van der Waals surface area contributed by atoms with E-state index < -0.39 is 23.0 Å². The Balaban J connectivity index is 1.54. The molecule has 4 atom stereocenters. The SMILES string of the molecule is CC(C)CCNC(=O)C1C2C(=O)N(Cc3ccccc3)CC23C=CC1(C)O3. The maximum Gasteiger partial charge on any atom is 0.230 e. The molecule has 2 saturated heterocycles. The van der Waals surface area contributed by atoms with Gasteiger partial charge in [0.15, 0.2) is 0 Å². The van der Waals surface area contributed by atoms with Gasteiger partial charge in [0, 0.05) is 13.1 Å². The highest BCUT2D eigenvalue weighted by Gasteiger charge is 2.70. The molecular weight excluding hydrogens is 340 g/mol. The highest BCUT2D eigenvalue weighted by atomic mass is 16.5. The summed E-state index contributed by atoms with van der Waals surface area (Å²) >= 11 is 0. The van der Waals surface area contributed by atoms with E-state index in [9.17, 15) is 9.59 Å². The molecular formula is C22H28N2O3. The van der Waals surface area contributed by atoms with Crippen LogP contribution in [0.15, 0.2) is 42.5 Å². The number of fused-ring (bicyclic) bond motifs is 1. The summed E-state index contributed by atoms with van der Waals surface area (Å²) in [5.74, 6) is -0.420. The van der Waals surface area contributed by atoms with Crippen LogP contribution < -0.4 is 5.32 Å². The number of hydrogen-bond donors (Lipinski definition) is 1. The number of benzene rings is 1. The van der Waals surface area contributed by atoms with Gasteiger partial charge in [0.2, 0.25) is 11.8 Å². The molecule has 3 aliphatic rings. The molecule has 2 bridgehead atoms. The van der Waals surface area contributed by atoms with Gasteiger partial charge in [-0.3, -0.25) is 9.59 Å². The summed E-state index contributed by atoms with van der Waals surface area (Å²) in [5, 5.41) is 3.04. The number of hydrogen-bond acceptors (Lipinski definition) is 3. The molecule has 1 aromatic carbocycles. The minimum atomic E-state index is -0.693. The molecule has 27 heavy (non-hydrogen) atoms. The predicted molar refractivity (Wildman–Crippen MR) is 103 cm³/mol. The van der Waals surface area contributed by atoms with Gasteiger partial charge in [0.05, 0.1) is 24.0 Å². The smallest absolute Gasteiger partial charge is 0.230 e. The zero-order valence-corrected chi connectivity index (χ0v) is 16.3. The number of carbonyl (C=O) groups excluding carboxylic acids is 2. The number of amides is 2. The van der Waals surface area contributed by atoms with Crippen LogP contribution in [0.4, 0.5) is 0 Å². The molecule has 1 aromatic rings. The molecule has 1 spiro atoms. The Morgan fingerprint density at radius 2 is 2.04 bits per heavy atom. The van der Waals surface area contributed by atoms with Crippen LogP contribution in [0, 0.1) is 17.8 Å². The van der Waals surface area contributed by atoms with Crippen molar-refractivity contribution >= 4 is 11.8 Å². The Morgan fingerprint density at radius 3 is 2.74 bits per heavy atom. The van der Waals surface area contributed by atoms with Crippen LogP contribution in [0.2, 0.25) is 0 Å². The van der Waals surface area contributed by atoms with E-state index in [2.05, 4.69) is 19.2 Å². The molecule has 3 aliphatic heterocycles. The first-order chi connectivity index (χ1) is 12.8. The molecule has 0 aromatic heterocycles. The van der Waals surface area contributed by atoms with E-state index in [1.165, 1.54) is 0 Å². The summed E-state index contributed by atoms with van der Waals surface area (Å²) in [7, 11) is 0. The average Bonchev–Trinajstić information content (AvgIpc) is 3.18. The fourth-order valence-corrected chi connectivity index (χ4v) is 4.78. The Morgan fingerprint density at radius 1 is 1.30 bits per heavy atom. The second kappa shape index (κ2) is 6.48. The van der Waals surface area contributed by atoms with Crippen molar-refractivity contribution in [3.8, 4) is 0 Å². The van der Waals surface area contributed by atoms with E-state index in [-0.39, 0.29) is 11.8 Å². The van der Waals surface area contributed by atoms with Crippen LogP contribution in [0.1, 0.15) is 32.8 Å². The van der Waals surface area contributed by atoms with Crippen molar-refractivity contribution in [3.05, 3.63) is 48.0 Å². The first-order valence-corrected chi connectivity index (χ1v) is 9.86. The maximum atomic E-state index is 13.2. The summed E-state index contributed by atoms with van der Waals surface area (Å²) in [6.07, 6.45) is 4.92. The summed E-state index contributed by atoms with van der Waals surface area (Å²) < 4.78 is 6.34. The van der Waals surface area contributed by atoms with Gasteiger partial charge in [-0.25, -0.2) is 0 Å². The molecule has 3 heterocycles. The van der Waals surface area contributed by atoms with Gasteiger partial charge in [0.25, 0.3) is 0 Å². The Bertz CT molecular complexity index is 775. The lowest BCUT2D eigenvalue weighted by Crippen LogP contribution is -2.48. The van der Waals surface area contributed by atoms with Crippen molar-refractivity contribution in [3.63, 3.8) is 0 Å². The number of ether oxygens (including phenoxy) is 1. The molecule has 4 unspecified atom stereocenters. The standard InChI is InChI=1S/C22H28N2O3/c1-15(2)9-12-23-19(25)17-18-20(26)24(13-16-7-5-4-6-8-16)14-22(18)11-10-21(17,3)27-22/h4-8,10-11,15,17-18H,9,12-14H2,1-3H3,(H,23,25). The number of likely N-dealkylation sites (tertiary alicyclic amines) is 1. The zero-order valence-electron chi connectivity index (χ0n) is 16.3. The van der Waals surface area contributed by atoms with Gasteiger partial charge in [-0.2, -0.15) is 0 Å². The van der Waals surface area contributed by atoms with Crippen LogP contribution in [-0.2, 0) is 20.9 Å². The minimum absolute atomic E-state index is 0.0240. The van der Waals surface area contributed by atoms with Gasteiger partial charge >= 0.3 is 0 Å². The van der Waals surface area contributed by atoms with Crippen LogP contribution in [0.5, 0.6) is 0 Å². The van der Waals surface area contributed by atoms with E-state index in [1.54, 1.807) is 0 Å². The van der Waals surface area contributed by atoms with Crippen LogP contribution >= 0.6 is 0 Å². The molecule has 0 aliphatic carbocycles. The highest BCUT2D eigenvalue weighted by molar-refractivity contribution is 5.93. The molecule has 4 rings (SSSR count). The Hall–Kier alpha value is -2.14. The third-order valence-corrected chi connectivity index (χ3v) is 6.12. The first kappa shape index (κ1) is 18.2. The fraction of sp³-hybridized carbons (Fsp3) is 0.545. The van der Waals surface area contributed by atoms with Crippen molar-refractivity contribution < 1.29 is 14.3 Å². The summed E-state index contributed by atoms with van der Waals surface area (Å²) in [4.78, 5) is 28.1. The average molecular weight is 368 g/mol. The molecule has 5 heteroatoms. The number of carbonyl (C=O) groups is 2. The van der Waals surface area contributed by atoms with Crippen LogP contribution in [-0.4, -0.2) is 41.0 Å². The van der Waals surface area contributed by atoms with Crippen molar-refractivity contribution in [1.82, 2.24) is 10.2 Å². The lowest BCUT2D eigenvalue weighted by Gasteiger charge is -2.29. The first-order valence-electron chi connectivity index (χ1n) is 9.86. The predicted octanol–water partition coefficient (Wildman–Crippen LogP) is 2.52. The minimum Gasteiger partial charge on any atom is -0.357 e. The highest BCUT2D eigenvalue weighted by Crippen LogP contribution is 2.57. The van der Waals surface area contributed by atoms with Crippen molar-refractivity contribution in [2.75, 3.05) is 13.1 Å². The Labute approximate surface area is 160 Å². The normalized spacial score (nSPS) is 33.8. The van der Waals surface area contributed by atoms with E-state index in [4.69, 9.17) is 4.74 Å². The summed E-state index contributed by atoms with van der Waals surface area (Å²) in [6.45, 7) is 7.88. The third kappa shape index (κ3) is 2.98. The van der Waals surface area contributed by atoms with Crippen LogP contribution in [0.25, 0.3) is 0 Å². The topological polar surface area (TPSA) is 58.6 Å². The number of nitrogens with zero attached hydrogens (tertiary/aromatic N) is 1. The molecule has 2 fully saturated rings. The largest absolute Gasteiger partial charge is 0.357 e. The monoisotopic (exact) mass is 368 g/mol. The van der Waals surface area contributed by atoms with E-state index in [0.29, 0.717) is 25.6 Å². The van der Waals surface area contributed by atoms with Crippen molar-refractivity contribution in [2.24, 2.45) is 17.8 Å². The molecule has 2 amide bonds. The second-order valence-corrected chi connectivity index (χ2v) is 8.68. The van der Waals surface area contributed by atoms with E-state index in [0.717, 1.165) is 12.0 Å². The molecule has 0 saturated carbocycles. The third-order valence-electron chi connectivity index (χ3n) is 6.12. The van der Waals surface area contributed by atoms with Crippen molar-refractivity contribution in [2.45, 2.75) is 44.9 Å². The van der Waals surface area contributed by atoms with Gasteiger partial charge < -0.3 is 15.0 Å². The van der Waals surface area contributed by atoms with E-state index >= 15 is 0 Å². The number of rotatable bonds is 6. The van der Waals surface area contributed by atoms with Crippen LogP contribution in [0.3, 0.4) is 0 Å². The van der Waals surface area contributed by atoms with E-state index in [1.807, 2.05) is 54.3 Å². The second-order valence-electron chi connectivity index (χ2n) is 8.68. The van der Waals surface area contributed by atoms with Gasteiger partial charge in [0.1, 0.15) is 5.60 Å². The lowest BCUT2D eigenvalue weighted by molar-refractivity contribution is -0.139. The fourth-order valence-electron chi connectivity index (χ4n) is 4.78. The summed E-state index contributed by atoms with van der Waals surface area (Å²) in [6, 6.07) is 9.95. The molecule has 1 N–H and O–H groups in total. The van der Waals surface area contributed by atoms with Gasteiger partial charge in [-0.05, 0) is 24.8 Å². The lowest BCUT2D eigenvalue weighted by atomic mass is 9.72.